The first-order valence-corrected chi connectivity index (χ1v) is 5.89. The molecule has 1 aromatic heterocycles. The average molecular weight is 224 g/mol. The fourth-order valence-electron chi connectivity index (χ4n) is 0.632. The van der Waals surface area contributed by atoms with Crippen molar-refractivity contribution >= 4 is 32.8 Å². The molecule has 0 aliphatic rings. The van der Waals surface area contributed by atoms with Crippen LogP contribution in [-0.4, -0.2) is 19.2 Å². The van der Waals surface area contributed by atoms with Crippen molar-refractivity contribution in [2.75, 3.05) is 5.75 Å². The van der Waals surface area contributed by atoms with E-state index in [1.165, 1.54) is 6.20 Å². The van der Waals surface area contributed by atoms with E-state index in [1.54, 1.807) is 5.38 Å². The summed E-state index contributed by atoms with van der Waals surface area (Å²) in [6.07, 6.45) is 1.44. The molecule has 12 heavy (non-hydrogen) atoms. The lowest BCUT2D eigenvalue weighted by Gasteiger charge is -1.96. The van der Waals surface area contributed by atoms with Gasteiger partial charge in [0.1, 0.15) is 0 Å². The number of aromatic nitrogens is 1. The first-order valence-electron chi connectivity index (χ1n) is 2.98. The van der Waals surface area contributed by atoms with Crippen LogP contribution in [0.5, 0.6) is 0 Å². The minimum Gasteiger partial charge on any atom is -0.234 e. The largest absolute Gasteiger partial charge is 0.234 e. The fraction of sp³-hybridized carbons (Fsp3) is 0.167. The third-order valence-electron chi connectivity index (χ3n) is 1.02. The number of rotatable bonds is 3. The molecule has 3 nitrogen and oxygen atoms in total. The molecular formula is C6H6ClNO2S2. The van der Waals surface area contributed by atoms with Crippen molar-refractivity contribution in [2.24, 2.45) is 0 Å². The van der Waals surface area contributed by atoms with Crippen LogP contribution < -0.4 is 0 Å². The Morgan fingerprint density at radius 3 is 2.83 bits per heavy atom. The minimum atomic E-state index is -3.34. The van der Waals surface area contributed by atoms with Gasteiger partial charge in [0.25, 0.3) is 0 Å². The molecule has 0 N–H and O–H groups in total. The van der Waals surface area contributed by atoms with Gasteiger partial charge in [-0.3, -0.25) is 0 Å². The van der Waals surface area contributed by atoms with E-state index in [0.717, 1.165) is 11.3 Å². The van der Waals surface area contributed by atoms with Gasteiger partial charge < -0.3 is 0 Å². The Morgan fingerprint density at radius 1 is 1.75 bits per heavy atom. The normalized spacial score (nSPS) is 11.4. The zero-order valence-electron chi connectivity index (χ0n) is 6.03. The molecule has 1 aromatic rings. The number of hydrogen-bond donors (Lipinski definition) is 0. The molecule has 0 fully saturated rings. The van der Waals surface area contributed by atoms with Crippen LogP contribution in [-0.2, 0) is 9.84 Å². The molecule has 0 saturated carbocycles. The number of nitrogens with zero attached hydrogens (tertiary/aromatic N) is 1. The summed E-state index contributed by atoms with van der Waals surface area (Å²) in [5.74, 6) is -0.248. The number of sulfone groups is 1. The highest BCUT2D eigenvalue weighted by Gasteiger charge is 2.17. The maximum Gasteiger partial charge on any atom is 0.210 e. The van der Waals surface area contributed by atoms with Crippen LogP contribution in [0.3, 0.4) is 0 Å². The molecule has 0 bridgehead atoms. The zero-order valence-corrected chi connectivity index (χ0v) is 8.42. The monoisotopic (exact) mass is 223 g/mol. The molecule has 0 spiro atoms. The maximum absolute atomic E-state index is 11.3. The summed E-state index contributed by atoms with van der Waals surface area (Å²) in [7, 11) is -3.34. The van der Waals surface area contributed by atoms with Gasteiger partial charge in [-0.25, -0.2) is 13.4 Å². The Bertz CT molecular complexity index is 368. The van der Waals surface area contributed by atoms with E-state index in [0.29, 0.717) is 0 Å². The summed E-state index contributed by atoms with van der Waals surface area (Å²) < 4.78 is 22.7. The van der Waals surface area contributed by atoms with E-state index < -0.39 is 9.84 Å². The predicted molar refractivity (Wildman–Crippen MR) is 49.2 cm³/mol. The quantitative estimate of drug-likeness (QED) is 0.783. The van der Waals surface area contributed by atoms with Crippen LogP contribution in [0.25, 0.3) is 0 Å². The van der Waals surface area contributed by atoms with Crippen molar-refractivity contribution in [2.45, 2.75) is 4.34 Å². The molecule has 0 aliphatic heterocycles. The molecule has 0 unspecified atom stereocenters. The van der Waals surface area contributed by atoms with Gasteiger partial charge in [-0.1, -0.05) is 18.2 Å². The third kappa shape index (κ3) is 2.30. The highest BCUT2D eigenvalue weighted by atomic mass is 35.5. The molecule has 1 rings (SSSR count). The lowest BCUT2D eigenvalue weighted by atomic mass is 10.7. The van der Waals surface area contributed by atoms with Crippen molar-refractivity contribution in [3.8, 4) is 0 Å². The summed E-state index contributed by atoms with van der Waals surface area (Å²) in [5.41, 5.74) is 0. The van der Waals surface area contributed by atoms with Gasteiger partial charge in [-0.15, -0.1) is 11.3 Å². The van der Waals surface area contributed by atoms with Crippen LogP contribution in [0.4, 0.5) is 0 Å². The van der Waals surface area contributed by atoms with Gasteiger partial charge in [0.15, 0.2) is 0 Å². The van der Waals surface area contributed by atoms with Crippen LogP contribution >= 0.6 is 22.9 Å². The lowest BCUT2D eigenvalue weighted by molar-refractivity contribution is 0.598. The van der Waals surface area contributed by atoms with Crippen LogP contribution in [0.1, 0.15) is 0 Å². The molecule has 0 amide bonds. The third-order valence-corrected chi connectivity index (χ3v) is 4.30. The Morgan fingerprint density at radius 2 is 2.42 bits per heavy atom. The molecule has 0 aliphatic carbocycles. The van der Waals surface area contributed by atoms with Crippen molar-refractivity contribution in [3.05, 3.63) is 23.2 Å². The lowest BCUT2D eigenvalue weighted by Crippen LogP contribution is -2.05. The zero-order chi connectivity index (χ0) is 9.19. The van der Waals surface area contributed by atoms with E-state index in [1.807, 2.05) is 0 Å². The Labute approximate surface area is 79.6 Å². The maximum atomic E-state index is 11.3. The van der Waals surface area contributed by atoms with E-state index >= 15 is 0 Å². The highest BCUT2D eigenvalue weighted by Crippen LogP contribution is 2.16. The van der Waals surface area contributed by atoms with E-state index in [-0.39, 0.29) is 15.1 Å². The minimum absolute atomic E-state index is 0.0873. The van der Waals surface area contributed by atoms with Gasteiger partial charge in [0.2, 0.25) is 14.2 Å². The van der Waals surface area contributed by atoms with E-state index in [4.69, 9.17) is 11.6 Å². The standard InChI is InChI=1S/C6H6ClNO2S2/c1-5(7)4-12(9,10)6-8-2-3-11-6/h2-3H,1,4H2. The Hall–Kier alpha value is -0.390. The SMILES string of the molecule is C=C(Cl)CS(=O)(=O)c1nccs1. The Kier molecular flexibility index (Phi) is 2.87. The summed E-state index contributed by atoms with van der Waals surface area (Å²) in [6, 6.07) is 0. The van der Waals surface area contributed by atoms with Gasteiger partial charge in [0, 0.05) is 16.6 Å². The van der Waals surface area contributed by atoms with E-state index in [9.17, 15) is 8.42 Å². The number of halogens is 1. The van der Waals surface area contributed by atoms with Crippen molar-refractivity contribution < 1.29 is 8.42 Å². The molecule has 0 saturated heterocycles. The molecule has 0 radical (unpaired) electrons. The Balaban J connectivity index is 2.96. The van der Waals surface area contributed by atoms with Gasteiger partial charge in [-0.2, -0.15) is 0 Å². The summed E-state index contributed by atoms with van der Waals surface area (Å²) in [4.78, 5) is 3.67. The highest BCUT2D eigenvalue weighted by molar-refractivity contribution is 7.93. The van der Waals surface area contributed by atoms with Crippen LogP contribution in [0, 0.1) is 0 Å². The predicted octanol–water partition coefficient (Wildman–Crippen LogP) is 1.67. The van der Waals surface area contributed by atoms with Gasteiger partial charge in [0.05, 0.1) is 5.75 Å². The molecule has 0 atom stereocenters. The van der Waals surface area contributed by atoms with Gasteiger partial charge >= 0.3 is 0 Å². The van der Waals surface area contributed by atoms with Gasteiger partial charge in [-0.05, 0) is 0 Å². The fourth-order valence-corrected chi connectivity index (χ4v) is 3.11. The molecule has 1 heterocycles. The number of hydrogen-bond acceptors (Lipinski definition) is 4. The smallest absolute Gasteiger partial charge is 0.210 e. The summed E-state index contributed by atoms with van der Waals surface area (Å²) >= 11 is 6.46. The first kappa shape index (κ1) is 9.70. The summed E-state index contributed by atoms with van der Waals surface area (Å²) in [6.45, 7) is 3.31. The number of thiazole rings is 1. The van der Waals surface area contributed by atoms with E-state index in [2.05, 4.69) is 11.6 Å². The van der Waals surface area contributed by atoms with Crippen molar-refractivity contribution in [1.29, 1.82) is 0 Å². The summed E-state index contributed by atoms with van der Waals surface area (Å²) in [5, 5.41) is 1.70. The van der Waals surface area contributed by atoms with Crippen LogP contribution in [0.2, 0.25) is 0 Å². The van der Waals surface area contributed by atoms with Crippen LogP contribution in [0.15, 0.2) is 27.5 Å². The second-order valence-electron chi connectivity index (χ2n) is 2.07. The van der Waals surface area contributed by atoms with Crippen molar-refractivity contribution in [3.63, 3.8) is 0 Å². The first-order chi connectivity index (χ1) is 5.52. The topological polar surface area (TPSA) is 47.0 Å². The molecule has 66 valence electrons. The molecule has 6 heteroatoms. The molecule has 0 aromatic carbocycles. The average Bonchev–Trinajstić information content (AvgIpc) is 2.32. The second kappa shape index (κ2) is 3.55. The second-order valence-corrected chi connectivity index (χ2v) is 5.67. The molecular weight excluding hydrogens is 218 g/mol. The van der Waals surface area contributed by atoms with Crippen molar-refractivity contribution in [1.82, 2.24) is 4.98 Å².